The molecule has 0 atom stereocenters. The Labute approximate surface area is 101 Å². The summed E-state index contributed by atoms with van der Waals surface area (Å²) in [5, 5.41) is 10.7. The molecule has 7 nitrogen and oxygen atoms in total. The van der Waals surface area contributed by atoms with Gasteiger partial charge in [0.1, 0.15) is 12.8 Å². The van der Waals surface area contributed by atoms with Crippen LogP contribution in [0.25, 0.3) is 0 Å². The first-order valence-electron chi connectivity index (χ1n) is 5.07. The molecule has 0 aliphatic rings. The third kappa shape index (κ3) is 2.70. The second kappa shape index (κ2) is 5.09. The third-order valence-corrected chi connectivity index (χ3v) is 2.18. The Morgan fingerprint density at radius 3 is 2.72 bits per heavy atom. The molecule has 92 valence electrons. The van der Waals surface area contributed by atoms with Gasteiger partial charge in [-0.2, -0.15) is 4.98 Å². The van der Waals surface area contributed by atoms with Crippen LogP contribution in [0.1, 0.15) is 5.56 Å². The second-order valence-corrected chi connectivity index (χ2v) is 3.43. The average Bonchev–Trinajstić information content (AvgIpc) is 2.37. The number of rotatable bonds is 4. The zero-order valence-corrected chi connectivity index (χ0v) is 9.20. The highest BCUT2D eigenvalue weighted by Gasteiger charge is 2.16. The maximum absolute atomic E-state index is 11.0. The van der Waals surface area contributed by atoms with Gasteiger partial charge in [-0.15, -0.1) is 0 Å². The molecule has 7 heteroatoms. The molecule has 0 bridgehead atoms. The molecule has 0 saturated carbocycles. The van der Waals surface area contributed by atoms with Crippen molar-refractivity contribution in [3.8, 4) is 5.88 Å². The largest absolute Gasteiger partial charge is 0.469 e. The van der Waals surface area contributed by atoms with Gasteiger partial charge in [-0.25, -0.2) is 4.79 Å². The van der Waals surface area contributed by atoms with E-state index in [1.165, 1.54) is 0 Å². The Morgan fingerprint density at radius 2 is 2.06 bits per heavy atom. The highest BCUT2D eigenvalue weighted by Crippen LogP contribution is 2.21. The van der Waals surface area contributed by atoms with Crippen molar-refractivity contribution in [3.63, 3.8) is 0 Å². The van der Waals surface area contributed by atoms with Gasteiger partial charge < -0.3 is 4.74 Å². The first kappa shape index (κ1) is 11.8. The van der Waals surface area contributed by atoms with Crippen molar-refractivity contribution >= 4 is 5.69 Å². The molecular weight excluding hydrogens is 238 g/mol. The molecule has 0 radical (unpaired) electrons. The summed E-state index contributed by atoms with van der Waals surface area (Å²) in [6.45, 7) is 0.127. The quantitative estimate of drug-likeness (QED) is 0.647. The van der Waals surface area contributed by atoms with Crippen molar-refractivity contribution in [1.82, 2.24) is 9.97 Å². The molecule has 1 aromatic carbocycles. The van der Waals surface area contributed by atoms with Crippen LogP contribution in [0, 0.1) is 10.1 Å². The van der Waals surface area contributed by atoms with Crippen molar-refractivity contribution < 1.29 is 9.66 Å². The van der Waals surface area contributed by atoms with E-state index >= 15 is 0 Å². The van der Waals surface area contributed by atoms with Crippen molar-refractivity contribution in [2.45, 2.75) is 6.61 Å². The molecule has 0 unspecified atom stereocenters. The summed E-state index contributed by atoms with van der Waals surface area (Å²) >= 11 is 0. The first-order chi connectivity index (χ1) is 8.66. The summed E-state index contributed by atoms with van der Waals surface area (Å²) in [7, 11) is 0. The van der Waals surface area contributed by atoms with Crippen LogP contribution in [0.2, 0.25) is 0 Å². The lowest BCUT2D eigenvalue weighted by Gasteiger charge is -2.05. The molecule has 1 aromatic heterocycles. The zero-order valence-electron chi connectivity index (χ0n) is 9.20. The lowest BCUT2D eigenvalue weighted by molar-refractivity contribution is -0.386. The molecular formula is C11H9N3O4. The topological polar surface area (TPSA) is 98.1 Å². The normalized spacial score (nSPS) is 10.0. The fourth-order valence-corrected chi connectivity index (χ4v) is 1.34. The lowest BCUT2D eigenvalue weighted by Crippen LogP contribution is -2.13. The molecule has 0 amide bonds. The summed E-state index contributed by atoms with van der Waals surface area (Å²) in [6, 6.07) is 9.11. The molecule has 0 spiro atoms. The highest BCUT2D eigenvalue weighted by molar-refractivity contribution is 5.37. The van der Waals surface area contributed by atoms with Crippen LogP contribution in [0.4, 0.5) is 5.69 Å². The predicted molar refractivity (Wildman–Crippen MR) is 62.3 cm³/mol. The van der Waals surface area contributed by atoms with Gasteiger partial charge in [-0.05, 0) is 5.56 Å². The van der Waals surface area contributed by atoms with Gasteiger partial charge >= 0.3 is 11.4 Å². The summed E-state index contributed by atoms with van der Waals surface area (Å²) in [5.74, 6) is -0.191. The maximum atomic E-state index is 11.0. The summed E-state index contributed by atoms with van der Waals surface area (Å²) in [6.07, 6.45) is 0.874. The van der Waals surface area contributed by atoms with Crippen LogP contribution < -0.4 is 10.4 Å². The Hall–Kier alpha value is -2.70. The van der Waals surface area contributed by atoms with E-state index < -0.39 is 10.6 Å². The van der Waals surface area contributed by atoms with Gasteiger partial charge in [0, 0.05) is 0 Å². The fraction of sp³-hybridized carbons (Fsp3) is 0.0909. The van der Waals surface area contributed by atoms with E-state index in [0.717, 1.165) is 11.8 Å². The maximum Gasteiger partial charge on any atom is 0.348 e. The summed E-state index contributed by atoms with van der Waals surface area (Å²) in [5.41, 5.74) is -0.223. The second-order valence-electron chi connectivity index (χ2n) is 3.43. The number of nitrogens with one attached hydrogen (secondary N) is 1. The minimum atomic E-state index is -0.691. The number of H-pyrrole nitrogens is 1. The van der Waals surface area contributed by atoms with E-state index in [9.17, 15) is 14.9 Å². The predicted octanol–water partition coefficient (Wildman–Crippen LogP) is 1.26. The molecule has 0 saturated heterocycles. The average molecular weight is 247 g/mol. The Morgan fingerprint density at radius 1 is 1.33 bits per heavy atom. The van der Waals surface area contributed by atoms with Crippen LogP contribution >= 0.6 is 0 Å². The van der Waals surface area contributed by atoms with Crippen LogP contribution in [0.5, 0.6) is 5.88 Å². The number of aromatic amines is 1. The Balaban J connectivity index is 2.21. The number of hydrogen-bond acceptors (Lipinski definition) is 5. The monoisotopic (exact) mass is 247 g/mol. The van der Waals surface area contributed by atoms with E-state index in [1.54, 1.807) is 0 Å². The molecule has 18 heavy (non-hydrogen) atoms. The number of nitrogens with zero attached hydrogens (tertiary/aromatic N) is 2. The number of benzene rings is 1. The number of ether oxygens (including phenoxy) is 1. The van der Waals surface area contributed by atoms with E-state index in [4.69, 9.17) is 4.74 Å². The summed E-state index contributed by atoms with van der Waals surface area (Å²) in [4.78, 5) is 26.5. The smallest absolute Gasteiger partial charge is 0.348 e. The van der Waals surface area contributed by atoms with Crippen LogP contribution in [0.15, 0.2) is 41.3 Å². The van der Waals surface area contributed by atoms with Gasteiger partial charge in [0.15, 0.2) is 0 Å². The van der Waals surface area contributed by atoms with Gasteiger partial charge in [0.05, 0.1) is 4.92 Å². The molecule has 1 heterocycles. The molecule has 2 aromatic rings. The Kier molecular flexibility index (Phi) is 3.33. The van der Waals surface area contributed by atoms with Crippen LogP contribution in [0.3, 0.4) is 0 Å². The molecule has 0 aliphatic carbocycles. The number of aromatic nitrogens is 2. The highest BCUT2D eigenvalue weighted by atomic mass is 16.6. The number of hydrogen-bond donors (Lipinski definition) is 1. The molecule has 0 fully saturated rings. The molecule has 2 rings (SSSR count). The minimum absolute atomic E-state index is 0.127. The standard InChI is InChI=1S/C11H9N3O4/c15-11-12-6-9(14(16)17)10(13-11)18-7-8-4-2-1-3-5-8/h1-6H,7H2,(H,12,13,15). The molecule has 1 N–H and O–H groups in total. The number of nitro groups is 1. The third-order valence-electron chi connectivity index (χ3n) is 2.18. The van der Waals surface area contributed by atoms with Crippen molar-refractivity contribution in [3.05, 3.63) is 62.7 Å². The van der Waals surface area contributed by atoms with Gasteiger partial charge in [-0.1, -0.05) is 30.3 Å². The van der Waals surface area contributed by atoms with Crippen molar-refractivity contribution in [2.24, 2.45) is 0 Å². The van der Waals surface area contributed by atoms with Gasteiger partial charge in [0.25, 0.3) is 5.88 Å². The van der Waals surface area contributed by atoms with E-state index in [0.29, 0.717) is 0 Å². The van der Waals surface area contributed by atoms with E-state index in [-0.39, 0.29) is 18.2 Å². The SMILES string of the molecule is O=c1ncc([N+](=O)[O-])c(OCc2ccccc2)[nH]1. The molecule has 0 aliphatic heterocycles. The van der Waals surface area contributed by atoms with E-state index in [2.05, 4.69) is 9.97 Å². The van der Waals surface area contributed by atoms with Crippen LogP contribution in [-0.4, -0.2) is 14.9 Å². The Bertz CT molecular complexity index is 609. The van der Waals surface area contributed by atoms with Crippen LogP contribution in [-0.2, 0) is 6.61 Å². The van der Waals surface area contributed by atoms with E-state index in [1.807, 2.05) is 30.3 Å². The van der Waals surface area contributed by atoms with Crippen molar-refractivity contribution in [1.29, 1.82) is 0 Å². The van der Waals surface area contributed by atoms with Crippen molar-refractivity contribution in [2.75, 3.05) is 0 Å². The fourth-order valence-electron chi connectivity index (χ4n) is 1.34. The van der Waals surface area contributed by atoms with Gasteiger partial charge in [0.2, 0.25) is 0 Å². The first-order valence-corrected chi connectivity index (χ1v) is 5.07. The zero-order chi connectivity index (χ0) is 13.0. The van der Waals surface area contributed by atoms with Gasteiger partial charge in [-0.3, -0.25) is 15.1 Å². The lowest BCUT2D eigenvalue weighted by atomic mass is 10.2. The minimum Gasteiger partial charge on any atom is -0.469 e. The summed E-state index contributed by atoms with van der Waals surface area (Å²) < 4.78 is 5.23.